The topological polar surface area (TPSA) is 85.1 Å². The smallest absolute Gasteiger partial charge is 0.270 e. The SMILES string of the molecule is O=C(C=Cc1ccccc1Cl)Nc1nc(-c2cccc([N+](=O)[O-])c2)cs1. The number of non-ortho nitro benzene ring substituents is 1. The summed E-state index contributed by atoms with van der Waals surface area (Å²) in [6.45, 7) is 0. The van der Waals surface area contributed by atoms with Crippen molar-refractivity contribution in [1.29, 1.82) is 0 Å². The first kappa shape index (κ1) is 17.8. The predicted molar refractivity (Wildman–Crippen MR) is 103 cm³/mol. The third-order valence-electron chi connectivity index (χ3n) is 3.41. The van der Waals surface area contributed by atoms with Crippen LogP contribution in [0.5, 0.6) is 0 Å². The molecule has 1 aromatic heterocycles. The van der Waals surface area contributed by atoms with Crippen LogP contribution >= 0.6 is 22.9 Å². The molecule has 3 rings (SSSR count). The molecular formula is C18H12ClN3O3S. The highest BCUT2D eigenvalue weighted by molar-refractivity contribution is 7.14. The molecule has 0 bridgehead atoms. The van der Waals surface area contributed by atoms with Crippen LogP contribution in [0.15, 0.2) is 60.0 Å². The van der Waals surface area contributed by atoms with E-state index in [2.05, 4.69) is 10.3 Å². The molecule has 3 aromatic rings. The number of nitrogens with zero attached hydrogens (tertiary/aromatic N) is 2. The maximum atomic E-state index is 12.0. The number of rotatable bonds is 5. The van der Waals surface area contributed by atoms with Gasteiger partial charge in [0.15, 0.2) is 5.13 Å². The first-order valence-electron chi connectivity index (χ1n) is 7.47. The van der Waals surface area contributed by atoms with Gasteiger partial charge in [-0.2, -0.15) is 0 Å². The lowest BCUT2D eigenvalue weighted by Crippen LogP contribution is -2.07. The van der Waals surface area contributed by atoms with E-state index in [1.165, 1.54) is 29.5 Å². The quantitative estimate of drug-likeness (QED) is 0.379. The van der Waals surface area contributed by atoms with Crippen LogP contribution in [0.1, 0.15) is 5.56 Å². The van der Waals surface area contributed by atoms with Crippen LogP contribution in [-0.2, 0) is 4.79 Å². The summed E-state index contributed by atoms with van der Waals surface area (Å²) in [6.07, 6.45) is 2.99. The number of nitrogens with one attached hydrogen (secondary N) is 1. The van der Waals surface area contributed by atoms with Crippen LogP contribution in [-0.4, -0.2) is 15.8 Å². The van der Waals surface area contributed by atoms with Crippen molar-refractivity contribution >= 4 is 45.7 Å². The number of anilines is 1. The largest absolute Gasteiger partial charge is 0.298 e. The Kier molecular flexibility index (Phi) is 5.40. The molecule has 0 radical (unpaired) electrons. The molecule has 0 aliphatic rings. The van der Waals surface area contributed by atoms with Gasteiger partial charge in [-0.25, -0.2) is 4.98 Å². The number of thiazole rings is 1. The number of hydrogen-bond donors (Lipinski definition) is 1. The van der Waals surface area contributed by atoms with E-state index in [9.17, 15) is 14.9 Å². The van der Waals surface area contributed by atoms with Crippen LogP contribution in [0.3, 0.4) is 0 Å². The first-order chi connectivity index (χ1) is 12.5. The number of nitro benzene ring substituents is 1. The number of nitro groups is 1. The number of carbonyl (C=O) groups excluding carboxylic acids is 1. The Morgan fingerprint density at radius 1 is 1.23 bits per heavy atom. The minimum Gasteiger partial charge on any atom is -0.298 e. The van der Waals surface area contributed by atoms with Crippen molar-refractivity contribution in [3.63, 3.8) is 0 Å². The minimum absolute atomic E-state index is 0.0104. The van der Waals surface area contributed by atoms with Gasteiger partial charge in [0, 0.05) is 34.2 Å². The van der Waals surface area contributed by atoms with E-state index in [0.29, 0.717) is 21.4 Å². The van der Waals surface area contributed by atoms with E-state index >= 15 is 0 Å². The van der Waals surface area contributed by atoms with Crippen molar-refractivity contribution in [2.45, 2.75) is 0 Å². The van der Waals surface area contributed by atoms with Gasteiger partial charge in [-0.05, 0) is 17.7 Å². The molecule has 26 heavy (non-hydrogen) atoms. The monoisotopic (exact) mass is 385 g/mol. The van der Waals surface area contributed by atoms with Crippen molar-refractivity contribution in [3.8, 4) is 11.3 Å². The Balaban J connectivity index is 1.70. The summed E-state index contributed by atoms with van der Waals surface area (Å²) in [7, 11) is 0. The van der Waals surface area contributed by atoms with E-state index < -0.39 is 4.92 Å². The highest BCUT2D eigenvalue weighted by Crippen LogP contribution is 2.27. The fraction of sp³-hybridized carbons (Fsp3) is 0. The van der Waals surface area contributed by atoms with Gasteiger partial charge < -0.3 is 0 Å². The molecule has 0 saturated carbocycles. The van der Waals surface area contributed by atoms with Crippen LogP contribution in [0.2, 0.25) is 5.02 Å². The summed E-state index contributed by atoms with van der Waals surface area (Å²) in [4.78, 5) is 26.7. The molecule has 0 fully saturated rings. The van der Waals surface area contributed by atoms with Gasteiger partial charge in [-0.15, -0.1) is 11.3 Å². The predicted octanol–water partition coefficient (Wildman–Crippen LogP) is 5.02. The second-order valence-corrected chi connectivity index (χ2v) is 6.45. The molecule has 1 N–H and O–H groups in total. The summed E-state index contributed by atoms with van der Waals surface area (Å²) >= 11 is 7.27. The Hall–Kier alpha value is -3.03. The van der Waals surface area contributed by atoms with E-state index in [-0.39, 0.29) is 11.6 Å². The van der Waals surface area contributed by atoms with E-state index in [4.69, 9.17) is 11.6 Å². The number of halogens is 1. The normalized spacial score (nSPS) is 10.8. The van der Waals surface area contributed by atoms with Crippen molar-refractivity contribution < 1.29 is 9.72 Å². The van der Waals surface area contributed by atoms with Gasteiger partial charge in [0.25, 0.3) is 5.69 Å². The van der Waals surface area contributed by atoms with Gasteiger partial charge in [-0.1, -0.05) is 41.9 Å². The Bertz CT molecular complexity index is 1000. The number of aromatic nitrogens is 1. The molecule has 130 valence electrons. The van der Waals surface area contributed by atoms with E-state index in [1.54, 1.807) is 35.7 Å². The molecule has 0 aliphatic carbocycles. The molecule has 1 heterocycles. The highest BCUT2D eigenvalue weighted by Gasteiger charge is 2.10. The fourth-order valence-electron chi connectivity index (χ4n) is 2.17. The molecule has 0 saturated heterocycles. The highest BCUT2D eigenvalue weighted by atomic mass is 35.5. The van der Waals surface area contributed by atoms with Crippen molar-refractivity contribution in [2.75, 3.05) is 5.32 Å². The lowest BCUT2D eigenvalue weighted by Gasteiger charge is -1.99. The van der Waals surface area contributed by atoms with Crippen molar-refractivity contribution in [3.05, 3.63) is 80.7 Å². The zero-order valence-corrected chi connectivity index (χ0v) is 14.8. The summed E-state index contributed by atoms with van der Waals surface area (Å²) in [6, 6.07) is 13.4. The van der Waals surface area contributed by atoms with E-state index in [1.807, 2.05) is 12.1 Å². The maximum Gasteiger partial charge on any atom is 0.270 e. The lowest BCUT2D eigenvalue weighted by atomic mass is 10.1. The number of benzene rings is 2. The summed E-state index contributed by atoms with van der Waals surface area (Å²) in [5, 5.41) is 16.2. The van der Waals surface area contributed by atoms with Gasteiger partial charge >= 0.3 is 0 Å². The van der Waals surface area contributed by atoms with Gasteiger partial charge in [0.05, 0.1) is 10.6 Å². The van der Waals surface area contributed by atoms with Crippen molar-refractivity contribution in [2.24, 2.45) is 0 Å². The second-order valence-electron chi connectivity index (χ2n) is 5.19. The average Bonchev–Trinajstić information content (AvgIpc) is 3.09. The Morgan fingerprint density at radius 2 is 2.04 bits per heavy atom. The van der Waals surface area contributed by atoms with Crippen molar-refractivity contribution in [1.82, 2.24) is 4.98 Å². The molecule has 6 nitrogen and oxygen atoms in total. The zero-order chi connectivity index (χ0) is 18.5. The molecule has 0 atom stereocenters. The maximum absolute atomic E-state index is 12.0. The van der Waals surface area contributed by atoms with Gasteiger partial charge in [-0.3, -0.25) is 20.2 Å². The molecule has 1 amide bonds. The van der Waals surface area contributed by atoms with E-state index in [0.717, 1.165) is 5.56 Å². The van der Waals surface area contributed by atoms with Crippen LogP contribution in [0.4, 0.5) is 10.8 Å². The van der Waals surface area contributed by atoms with Crippen LogP contribution in [0, 0.1) is 10.1 Å². The van der Waals surface area contributed by atoms with Gasteiger partial charge in [0.1, 0.15) is 0 Å². The molecule has 8 heteroatoms. The lowest BCUT2D eigenvalue weighted by molar-refractivity contribution is -0.384. The minimum atomic E-state index is -0.460. The van der Waals surface area contributed by atoms with Crippen LogP contribution < -0.4 is 5.32 Å². The molecule has 0 unspecified atom stereocenters. The number of hydrogen-bond acceptors (Lipinski definition) is 5. The molecule has 0 spiro atoms. The van der Waals surface area contributed by atoms with Crippen LogP contribution in [0.25, 0.3) is 17.3 Å². The third kappa shape index (κ3) is 4.33. The van der Waals surface area contributed by atoms with Gasteiger partial charge in [0.2, 0.25) is 5.91 Å². The molecule has 0 aliphatic heterocycles. The standard InChI is InChI=1S/C18H12ClN3O3S/c19-15-7-2-1-4-12(15)8-9-17(23)21-18-20-16(11-26-18)13-5-3-6-14(10-13)22(24)25/h1-11H,(H,20,21,23). The zero-order valence-electron chi connectivity index (χ0n) is 13.3. The Morgan fingerprint density at radius 3 is 2.81 bits per heavy atom. The Labute approximate surface area is 157 Å². The second kappa shape index (κ2) is 7.90. The number of amides is 1. The average molecular weight is 386 g/mol. The summed E-state index contributed by atoms with van der Waals surface area (Å²) in [5.74, 6) is -0.343. The molecule has 2 aromatic carbocycles. The molecular weight excluding hydrogens is 374 g/mol. The summed E-state index contributed by atoms with van der Waals surface area (Å²) in [5.41, 5.74) is 1.90. The fourth-order valence-corrected chi connectivity index (χ4v) is 3.09. The third-order valence-corrected chi connectivity index (χ3v) is 4.51. The number of carbonyl (C=O) groups is 1. The summed E-state index contributed by atoms with van der Waals surface area (Å²) < 4.78 is 0. The first-order valence-corrected chi connectivity index (χ1v) is 8.72.